The van der Waals surface area contributed by atoms with Gasteiger partial charge in [0.05, 0.1) is 23.6 Å². The van der Waals surface area contributed by atoms with E-state index in [2.05, 4.69) is 5.32 Å². The fourth-order valence-corrected chi connectivity index (χ4v) is 4.69. The van der Waals surface area contributed by atoms with Crippen molar-refractivity contribution in [2.45, 2.75) is 32.1 Å². The molecule has 1 N–H and O–H groups in total. The first-order valence-electron chi connectivity index (χ1n) is 10.2. The SMILES string of the molecule is COc1ccc(C)cc1N1CC(C(=O)Nc2cc(S(=O)(=O)N(C)C)cc(C)c2C)CC1=O. The quantitative estimate of drug-likeness (QED) is 0.717. The van der Waals surface area contributed by atoms with Gasteiger partial charge < -0.3 is 15.0 Å². The van der Waals surface area contributed by atoms with Crippen molar-refractivity contribution in [2.24, 2.45) is 5.92 Å². The minimum Gasteiger partial charge on any atom is -0.495 e. The highest BCUT2D eigenvalue weighted by Gasteiger charge is 2.36. The van der Waals surface area contributed by atoms with E-state index in [0.29, 0.717) is 17.1 Å². The predicted octanol–water partition coefficient (Wildman–Crippen LogP) is 2.86. The molecule has 2 amide bonds. The van der Waals surface area contributed by atoms with Gasteiger partial charge >= 0.3 is 0 Å². The average Bonchev–Trinajstić information content (AvgIpc) is 3.12. The molecule has 8 nitrogen and oxygen atoms in total. The highest BCUT2D eigenvalue weighted by atomic mass is 32.2. The summed E-state index contributed by atoms with van der Waals surface area (Å²) in [4.78, 5) is 27.4. The lowest BCUT2D eigenvalue weighted by Gasteiger charge is -2.20. The van der Waals surface area contributed by atoms with Crippen LogP contribution in [0.15, 0.2) is 35.2 Å². The molecule has 0 saturated carbocycles. The van der Waals surface area contributed by atoms with Crippen LogP contribution in [0.2, 0.25) is 0 Å². The van der Waals surface area contributed by atoms with Gasteiger partial charge in [-0.05, 0) is 61.7 Å². The van der Waals surface area contributed by atoms with Gasteiger partial charge in [0, 0.05) is 32.7 Å². The summed E-state index contributed by atoms with van der Waals surface area (Å²) < 4.78 is 31.7. The average molecular weight is 460 g/mol. The summed E-state index contributed by atoms with van der Waals surface area (Å²) >= 11 is 0. The fraction of sp³-hybridized carbons (Fsp3) is 0.391. The number of carbonyl (C=O) groups is 2. The van der Waals surface area contributed by atoms with Crippen molar-refractivity contribution in [2.75, 3.05) is 38.0 Å². The van der Waals surface area contributed by atoms with Crippen molar-refractivity contribution in [1.29, 1.82) is 0 Å². The number of anilines is 2. The summed E-state index contributed by atoms with van der Waals surface area (Å²) in [5, 5.41) is 2.84. The Morgan fingerprint density at radius 2 is 1.84 bits per heavy atom. The molecule has 1 heterocycles. The zero-order chi connectivity index (χ0) is 23.8. The summed E-state index contributed by atoms with van der Waals surface area (Å²) in [6.45, 7) is 5.76. The first-order chi connectivity index (χ1) is 14.9. The highest BCUT2D eigenvalue weighted by molar-refractivity contribution is 7.89. The third kappa shape index (κ3) is 4.49. The fourth-order valence-electron chi connectivity index (χ4n) is 3.68. The number of aryl methyl sites for hydroxylation is 2. The molecular weight excluding hydrogens is 430 g/mol. The van der Waals surface area contributed by atoms with Crippen LogP contribution in [0.3, 0.4) is 0 Å². The summed E-state index contributed by atoms with van der Waals surface area (Å²) in [6, 6.07) is 8.61. The maximum atomic E-state index is 13.0. The van der Waals surface area contributed by atoms with Crippen LogP contribution in [0.25, 0.3) is 0 Å². The molecule has 0 radical (unpaired) electrons. The third-order valence-corrected chi connectivity index (χ3v) is 7.59. The molecule has 0 aromatic heterocycles. The molecule has 1 saturated heterocycles. The minimum atomic E-state index is -3.65. The summed E-state index contributed by atoms with van der Waals surface area (Å²) in [6.07, 6.45) is 0.0661. The summed E-state index contributed by atoms with van der Waals surface area (Å²) in [5.74, 6) is -0.486. The molecule has 2 aromatic carbocycles. The van der Waals surface area contributed by atoms with Gasteiger partial charge in [-0.15, -0.1) is 0 Å². The van der Waals surface area contributed by atoms with E-state index in [1.54, 1.807) is 31.1 Å². The van der Waals surface area contributed by atoms with Gasteiger partial charge in [0.15, 0.2) is 0 Å². The topological polar surface area (TPSA) is 96.0 Å². The van der Waals surface area contributed by atoms with Crippen LogP contribution >= 0.6 is 0 Å². The molecule has 1 aliphatic rings. The van der Waals surface area contributed by atoms with Crippen molar-refractivity contribution in [1.82, 2.24) is 4.31 Å². The molecule has 32 heavy (non-hydrogen) atoms. The molecule has 1 unspecified atom stereocenters. The first-order valence-corrected chi connectivity index (χ1v) is 11.7. The smallest absolute Gasteiger partial charge is 0.242 e. The molecular formula is C23H29N3O5S. The zero-order valence-corrected chi connectivity index (χ0v) is 20.0. The standard InChI is InChI=1S/C23H29N3O5S/c1-14-7-8-21(31-6)20(9-14)26-13-17(11-22(26)27)23(28)24-19-12-18(10-15(2)16(19)3)32(29,30)25(4)5/h7-10,12,17H,11,13H2,1-6H3,(H,24,28). The second kappa shape index (κ2) is 8.91. The lowest BCUT2D eigenvalue weighted by Crippen LogP contribution is -2.29. The Kier molecular flexibility index (Phi) is 6.61. The van der Waals surface area contributed by atoms with Gasteiger partial charge in [-0.3, -0.25) is 9.59 Å². The Bertz CT molecular complexity index is 1170. The van der Waals surface area contributed by atoms with Gasteiger partial charge in [0.25, 0.3) is 0 Å². The maximum absolute atomic E-state index is 13.0. The lowest BCUT2D eigenvalue weighted by molar-refractivity contribution is -0.122. The third-order valence-electron chi connectivity index (χ3n) is 5.80. The Morgan fingerprint density at radius 3 is 2.47 bits per heavy atom. The van der Waals surface area contributed by atoms with E-state index in [4.69, 9.17) is 4.74 Å². The van der Waals surface area contributed by atoms with E-state index >= 15 is 0 Å². The highest BCUT2D eigenvalue weighted by Crippen LogP contribution is 2.34. The van der Waals surface area contributed by atoms with Crippen LogP contribution < -0.4 is 15.0 Å². The number of hydrogen-bond acceptors (Lipinski definition) is 5. The number of methoxy groups -OCH3 is 1. The summed E-state index contributed by atoms with van der Waals surface area (Å²) in [5.41, 5.74) is 3.56. The lowest BCUT2D eigenvalue weighted by atomic mass is 10.1. The van der Waals surface area contributed by atoms with Gasteiger partial charge in [-0.25, -0.2) is 12.7 Å². The Labute approximate surface area is 189 Å². The van der Waals surface area contributed by atoms with Gasteiger partial charge in [0.2, 0.25) is 21.8 Å². The predicted molar refractivity (Wildman–Crippen MR) is 124 cm³/mol. The van der Waals surface area contributed by atoms with Crippen LogP contribution in [-0.2, 0) is 19.6 Å². The van der Waals surface area contributed by atoms with Gasteiger partial charge in [-0.1, -0.05) is 6.07 Å². The minimum absolute atomic E-state index is 0.0661. The largest absolute Gasteiger partial charge is 0.495 e. The van der Waals surface area contributed by atoms with Crippen molar-refractivity contribution >= 4 is 33.2 Å². The van der Waals surface area contributed by atoms with E-state index < -0.39 is 15.9 Å². The Balaban J connectivity index is 1.86. The van der Waals surface area contributed by atoms with E-state index in [9.17, 15) is 18.0 Å². The number of nitrogens with one attached hydrogen (secondary N) is 1. The van der Waals surface area contributed by atoms with Crippen LogP contribution in [0.4, 0.5) is 11.4 Å². The molecule has 172 valence electrons. The van der Waals surface area contributed by atoms with Gasteiger partial charge in [-0.2, -0.15) is 0 Å². The van der Waals surface area contributed by atoms with E-state index in [1.165, 1.54) is 20.2 Å². The molecule has 0 bridgehead atoms. The van der Waals surface area contributed by atoms with E-state index in [1.807, 2.05) is 26.0 Å². The number of ether oxygens (including phenoxy) is 1. The van der Waals surface area contributed by atoms with Gasteiger partial charge in [0.1, 0.15) is 5.75 Å². The van der Waals surface area contributed by atoms with Crippen molar-refractivity contribution in [3.8, 4) is 5.75 Å². The van der Waals surface area contributed by atoms with Crippen LogP contribution in [-0.4, -0.2) is 52.3 Å². The molecule has 0 spiro atoms. The summed E-state index contributed by atoms with van der Waals surface area (Å²) in [7, 11) is 0.806. The van der Waals surface area contributed by atoms with Crippen LogP contribution in [0.5, 0.6) is 5.75 Å². The van der Waals surface area contributed by atoms with Crippen LogP contribution in [0.1, 0.15) is 23.1 Å². The molecule has 1 aliphatic heterocycles. The first kappa shape index (κ1) is 23.7. The number of carbonyl (C=O) groups excluding carboxylic acids is 2. The van der Waals surface area contributed by atoms with E-state index in [0.717, 1.165) is 21.0 Å². The molecule has 2 aromatic rings. The zero-order valence-electron chi connectivity index (χ0n) is 19.2. The molecule has 3 rings (SSSR count). The normalized spacial score (nSPS) is 16.5. The number of rotatable bonds is 6. The number of sulfonamides is 1. The van der Waals surface area contributed by atoms with Crippen LogP contribution in [0, 0.1) is 26.7 Å². The van der Waals surface area contributed by atoms with Crippen molar-refractivity contribution in [3.05, 3.63) is 47.0 Å². The number of hydrogen-bond donors (Lipinski definition) is 1. The van der Waals surface area contributed by atoms with Crippen molar-refractivity contribution < 1.29 is 22.7 Å². The Morgan fingerprint density at radius 1 is 1.16 bits per heavy atom. The second-order valence-corrected chi connectivity index (χ2v) is 10.4. The monoisotopic (exact) mass is 459 g/mol. The number of amides is 2. The van der Waals surface area contributed by atoms with Crippen molar-refractivity contribution in [3.63, 3.8) is 0 Å². The molecule has 9 heteroatoms. The molecule has 0 aliphatic carbocycles. The molecule has 1 fully saturated rings. The number of nitrogens with zero attached hydrogens (tertiary/aromatic N) is 2. The maximum Gasteiger partial charge on any atom is 0.242 e. The Hall–Kier alpha value is -2.91. The second-order valence-electron chi connectivity index (χ2n) is 8.27. The number of benzene rings is 2. The molecule has 1 atom stereocenters. The van der Waals surface area contributed by atoms with E-state index in [-0.39, 0.29) is 29.7 Å².